The van der Waals surface area contributed by atoms with E-state index in [0.717, 1.165) is 10.1 Å². The van der Waals surface area contributed by atoms with Crippen LogP contribution in [0.1, 0.15) is 5.56 Å². The molecule has 8 nitrogen and oxygen atoms in total. The van der Waals surface area contributed by atoms with Crippen LogP contribution in [0, 0.1) is 0 Å². The molecular weight excluding hydrogens is 296 g/mol. The van der Waals surface area contributed by atoms with E-state index in [2.05, 4.69) is 15.5 Å². The number of benzene rings is 1. The van der Waals surface area contributed by atoms with E-state index in [1.807, 2.05) is 30.3 Å². The maximum Gasteiger partial charge on any atom is 0.334 e. The molecule has 1 N–H and O–H groups in total. The number of nitrogens with one attached hydrogen (secondary N) is 1. The number of rotatable bonds is 4. The van der Waals surface area contributed by atoms with Gasteiger partial charge >= 0.3 is 5.69 Å². The standard InChI is InChI=1S/C15H16N6O2/c1-19-9-16-13-12(19)14(22)21(15(23)20(13)2)10-18-17-8-11-6-4-3-5-7-11/h3-9,18H,10H2,1-2H3. The first-order valence-corrected chi connectivity index (χ1v) is 7.01. The van der Waals surface area contributed by atoms with Crippen LogP contribution in [-0.2, 0) is 20.8 Å². The molecule has 118 valence electrons. The maximum absolute atomic E-state index is 12.4. The topological polar surface area (TPSA) is 86.2 Å². The minimum atomic E-state index is -0.441. The summed E-state index contributed by atoms with van der Waals surface area (Å²) in [6.45, 7) is -0.0179. The summed E-state index contributed by atoms with van der Waals surface area (Å²) in [4.78, 5) is 28.8. The SMILES string of the molecule is Cn1cnc2c1c(=O)n(CNN=Cc1ccccc1)c(=O)n2C. The Bertz CT molecular complexity index is 981. The van der Waals surface area contributed by atoms with Gasteiger partial charge in [-0.25, -0.2) is 14.3 Å². The normalized spacial score (nSPS) is 11.4. The molecule has 0 saturated heterocycles. The van der Waals surface area contributed by atoms with Crippen LogP contribution in [-0.4, -0.2) is 24.9 Å². The van der Waals surface area contributed by atoms with Crippen molar-refractivity contribution in [3.63, 3.8) is 0 Å². The lowest BCUT2D eigenvalue weighted by Crippen LogP contribution is -2.42. The quantitative estimate of drug-likeness (QED) is 0.543. The van der Waals surface area contributed by atoms with E-state index in [9.17, 15) is 9.59 Å². The minimum absolute atomic E-state index is 0.0179. The third-order valence-corrected chi connectivity index (χ3v) is 3.53. The van der Waals surface area contributed by atoms with Gasteiger partial charge in [0.25, 0.3) is 5.56 Å². The second-order valence-corrected chi connectivity index (χ2v) is 5.09. The van der Waals surface area contributed by atoms with Crippen molar-refractivity contribution in [2.24, 2.45) is 19.2 Å². The average Bonchev–Trinajstić information content (AvgIpc) is 2.95. The van der Waals surface area contributed by atoms with Gasteiger partial charge in [-0.15, -0.1) is 0 Å². The Morgan fingerprint density at radius 2 is 1.96 bits per heavy atom. The number of hydrogen-bond acceptors (Lipinski definition) is 5. The van der Waals surface area contributed by atoms with E-state index >= 15 is 0 Å². The van der Waals surface area contributed by atoms with Crippen molar-refractivity contribution in [2.45, 2.75) is 6.67 Å². The summed E-state index contributed by atoms with van der Waals surface area (Å²) in [6, 6.07) is 9.52. The minimum Gasteiger partial charge on any atom is -0.328 e. The number of hydrogen-bond donors (Lipinski definition) is 1. The van der Waals surface area contributed by atoms with Crippen molar-refractivity contribution in [1.82, 2.24) is 24.1 Å². The van der Waals surface area contributed by atoms with Gasteiger partial charge in [0.05, 0.1) is 12.5 Å². The highest BCUT2D eigenvalue weighted by molar-refractivity contribution is 5.79. The Morgan fingerprint density at radius 1 is 1.22 bits per heavy atom. The molecule has 0 aliphatic carbocycles. The molecule has 0 radical (unpaired) electrons. The van der Waals surface area contributed by atoms with E-state index in [0.29, 0.717) is 11.2 Å². The molecule has 3 rings (SSSR count). The zero-order valence-corrected chi connectivity index (χ0v) is 12.8. The summed E-state index contributed by atoms with van der Waals surface area (Å²) in [5.74, 6) is 0. The fourth-order valence-electron chi connectivity index (χ4n) is 2.31. The number of aromatic nitrogens is 4. The van der Waals surface area contributed by atoms with Gasteiger partial charge in [0.1, 0.15) is 6.67 Å². The highest BCUT2D eigenvalue weighted by Gasteiger charge is 2.14. The molecule has 0 aliphatic rings. The predicted octanol–water partition coefficient (Wildman–Crippen LogP) is 0.0149. The van der Waals surface area contributed by atoms with Gasteiger partial charge in [0.15, 0.2) is 11.2 Å². The fraction of sp³-hybridized carbons (Fsp3) is 0.200. The van der Waals surface area contributed by atoms with Crippen LogP contribution >= 0.6 is 0 Å². The highest BCUT2D eigenvalue weighted by atomic mass is 16.2. The lowest BCUT2D eigenvalue weighted by atomic mass is 10.2. The number of fused-ring (bicyclic) bond motifs is 1. The van der Waals surface area contributed by atoms with Gasteiger partial charge in [-0.3, -0.25) is 14.8 Å². The van der Waals surface area contributed by atoms with Crippen molar-refractivity contribution < 1.29 is 0 Å². The van der Waals surface area contributed by atoms with Crippen molar-refractivity contribution >= 4 is 17.4 Å². The van der Waals surface area contributed by atoms with Gasteiger partial charge < -0.3 is 4.57 Å². The van der Waals surface area contributed by atoms with E-state index in [1.165, 1.54) is 10.9 Å². The number of imidazole rings is 1. The van der Waals surface area contributed by atoms with E-state index in [1.54, 1.807) is 24.9 Å². The summed E-state index contributed by atoms with van der Waals surface area (Å²) in [5.41, 5.74) is 3.55. The first kappa shape index (κ1) is 14.8. The second kappa shape index (κ2) is 5.91. The molecule has 0 aliphatic heterocycles. The molecule has 0 atom stereocenters. The molecule has 0 unspecified atom stereocenters. The van der Waals surface area contributed by atoms with Gasteiger partial charge in [-0.05, 0) is 5.56 Å². The Morgan fingerprint density at radius 3 is 2.70 bits per heavy atom. The fourth-order valence-corrected chi connectivity index (χ4v) is 2.31. The first-order chi connectivity index (χ1) is 11.1. The summed E-state index contributed by atoms with van der Waals surface area (Å²) >= 11 is 0. The Balaban J connectivity index is 1.89. The average molecular weight is 312 g/mol. The van der Waals surface area contributed by atoms with Crippen LogP contribution in [0.15, 0.2) is 51.3 Å². The molecule has 0 amide bonds. The van der Waals surface area contributed by atoms with Crippen molar-refractivity contribution in [3.8, 4) is 0 Å². The molecule has 0 spiro atoms. The number of hydrazone groups is 1. The largest absolute Gasteiger partial charge is 0.334 e. The van der Waals surface area contributed by atoms with Gasteiger partial charge in [-0.1, -0.05) is 30.3 Å². The summed E-state index contributed by atoms with van der Waals surface area (Å²) in [6.07, 6.45) is 3.13. The molecule has 2 aromatic heterocycles. The third-order valence-electron chi connectivity index (χ3n) is 3.53. The smallest absolute Gasteiger partial charge is 0.328 e. The molecule has 0 fully saturated rings. The van der Waals surface area contributed by atoms with Crippen molar-refractivity contribution in [3.05, 3.63) is 63.1 Å². The van der Waals surface area contributed by atoms with Crippen LogP contribution in [0.5, 0.6) is 0 Å². The lowest BCUT2D eigenvalue weighted by molar-refractivity contribution is 0.528. The Hall–Kier alpha value is -3.16. The molecule has 2 heterocycles. The second-order valence-electron chi connectivity index (χ2n) is 5.09. The van der Waals surface area contributed by atoms with Gasteiger partial charge in [-0.2, -0.15) is 5.10 Å². The molecule has 0 bridgehead atoms. The third kappa shape index (κ3) is 2.66. The zero-order chi connectivity index (χ0) is 16.4. The monoisotopic (exact) mass is 312 g/mol. The molecular formula is C15H16N6O2. The lowest BCUT2D eigenvalue weighted by Gasteiger charge is -2.08. The van der Waals surface area contributed by atoms with Crippen LogP contribution in [0.2, 0.25) is 0 Å². The Labute approximate surface area is 131 Å². The summed E-state index contributed by atoms with van der Waals surface area (Å²) in [7, 11) is 3.30. The van der Waals surface area contributed by atoms with Crippen LogP contribution in [0.4, 0.5) is 0 Å². The van der Waals surface area contributed by atoms with Gasteiger partial charge in [0, 0.05) is 14.1 Å². The molecule has 1 aromatic carbocycles. The zero-order valence-electron chi connectivity index (χ0n) is 12.8. The van der Waals surface area contributed by atoms with Crippen molar-refractivity contribution in [1.29, 1.82) is 0 Å². The summed E-state index contributed by atoms with van der Waals surface area (Å²) < 4.78 is 4.03. The van der Waals surface area contributed by atoms with E-state index < -0.39 is 11.2 Å². The predicted molar refractivity (Wildman–Crippen MR) is 87.4 cm³/mol. The summed E-state index contributed by atoms with van der Waals surface area (Å²) in [5, 5.41) is 4.03. The molecule has 0 saturated carbocycles. The molecule has 8 heteroatoms. The van der Waals surface area contributed by atoms with Crippen LogP contribution in [0.3, 0.4) is 0 Å². The number of aryl methyl sites for hydroxylation is 2. The van der Waals surface area contributed by atoms with E-state index in [-0.39, 0.29) is 6.67 Å². The first-order valence-electron chi connectivity index (χ1n) is 7.01. The highest BCUT2D eigenvalue weighted by Crippen LogP contribution is 2.02. The van der Waals surface area contributed by atoms with Crippen LogP contribution in [0.25, 0.3) is 11.2 Å². The molecule has 3 aromatic rings. The van der Waals surface area contributed by atoms with E-state index in [4.69, 9.17) is 0 Å². The van der Waals surface area contributed by atoms with Crippen LogP contribution < -0.4 is 16.7 Å². The maximum atomic E-state index is 12.4. The number of nitrogens with zero attached hydrogens (tertiary/aromatic N) is 5. The van der Waals surface area contributed by atoms with Crippen molar-refractivity contribution in [2.75, 3.05) is 0 Å². The molecule has 23 heavy (non-hydrogen) atoms. The van der Waals surface area contributed by atoms with Gasteiger partial charge in [0.2, 0.25) is 0 Å². The Kier molecular flexibility index (Phi) is 3.80.